The summed E-state index contributed by atoms with van der Waals surface area (Å²) < 4.78 is 10.7. The first-order valence-corrected chi connectivity index (χ1v) is 6.62. The monoisotopic (exact) mass is 279 g/mol. The van der Waals surface area contributed by atoms with Crippen LogP contribution in [0.1, 0.15) is 5.56 Å². The number of nitrogens with zero attached hydrogens (tertiary/aromatic N) is 1. The van der Waals surface area contributed by atoms with Gasteiger partial charge in [0, 0.05) is 0 Å². The first-order valence-electron chi connectivity index (χ1n) is 6.62. The minimum atomic E-state index is -1.02. The van der Waals surface area contributed by atoms with Crippen molar-refractivity contribution in [3.63, 3.8) is 0 Å². The number of hydrogen-bond donors (Lipinski definition) is 2. The van der Waals surface area contributed by atoms with Gasteiger partial charge < -0.3 is 19.7 Å². The molecule has 0 aromatic heterocycles. The first-order chi connectivity index (χ1) is 9.66. The Labute approximate surface area is 116 Å². The Bertz CT molecular complexity index is 480. The third-order valence-corrected chi connectivity index (χ3v) is 3.79. The van der Waals surface area contributed by atoms with Gasteiger partial charge in [0.1, 0.15) is 24.9 Å². The Morgan fingerprint density at radius 2 is 2.05 bits per heavy atom. The molecule has 0 aliphatic carbocycles. The molecule has 2 aliphatic heterocycles. The Balaban J connectivity index is 1.71. The molecular formula is C14H17NO5. The van der Waals surface area contributed by atoms with Crippen LogP contribution in [0.25, 0.3) is 0 Å². The van der Waals surface area contributed by atoms with E-state index in [1.807, 2.05) is 30.3 Å². The van der Waals surface area contributed by atoms with E-state index in [0.29, 0.717) is 6.61 Å². The first kappa shape index (κ1) is 13.4. The fraction of sp³-hybridized carbons (Fsp3) is 0.500. The molecule has 3 rings (SSSR count). The third kappa shape index (κ3) is 2.37. The summed E-state index contributed by atoms with van der Waals surface area (Å²) in [5, 5.41) is 19.9. The number of fused-ring (bicyclic) bond motifs is 1. The van der Waals surface area contributed by atoms with E-state index in [-0.39, 0.29) is 19.2 Å². The summed E-state index contributed by atoms with van der Waals surface area (Å²) in [5.74, 6) is 0. The molecule has 2 heterocycles. The van der Waals surface area contributed by atoms with Gasteiger partial charge in [-0.1, -0.05) is 30.3 Å². The van der Waals surface area contributed by atoms with Crippen LogP contribution in [0.5, 0.6) is 0 Å². The van der Waals surface area contributed by atoms with Crippen LogP contribution in [0.15, 0.2) is 30.3 Å². The number of aliphatic hydroxyl groups is 2. The van der Waals surface area contributed by atoms with Crippen LogP contribution in [0.4, 0.5) is 4.79 Å². The van der Waals surface area contributed by atoms with Gasteiger partial charge in [-0.05, 0) is 5.56 Å². The Morgan fingerprint density at radius 3 is 2.80 bits per heavy atom. The van der Waals surface area contributed by atoms with Crippen LogP contribution in [-0.4, -0.2) is 58.7 Å². The van der Waals surface area contributed by atoms with E-state index < -0.39 is 24.4 Å². The molecule has 1 aromatic rings. The minimum Gasteiger partial charge on any atom is -0.447 e. The summed E-state index contributed by atoms with van der Waals surface area (Å²) in [7, 11) is 0. The second kappa shape index (κ2) is 5.40. The van der Waals surface area contributed by atoms with Crippen LogP contribution in [0.3, 0.4) is 0 Å². The lowest BCUT2D eigenvalue weighted by Gasteiger charge is -2.40. The maximum Gasteiger partial charge on any atom is 0.410 e. The molecule has 0 unspecified atom stereocenters. The second-order valence-electron chi connectivity index (χ2n) is 5.12. The van der Waals surface area contributed by atoms with Gasteiger partial charge in [-0.3, -0.25) is 4.90 Å². The highest BCUT2D eigenvalue weighted by atomic mass is 16.6. The summed E-state index contributed by atoms with van der Waals surface area (Å²) in [6.45, 7) is 0.575. The van der Waals surface area contributed by atoms with Crippen molar-refractivity contribution in [3.8, 4) is 0 Å². The van der Waals surface area contributed by atoms with Crippen LogP contribution in [-0.2, 0) is 16.1 Å². The van der Waals surface area contributed by atoms with E-state index in [9.17, 15) is 15.0 Å². The van der Waals surface area contributed by atoms with Crippen molar-refractivity contribution >= 4 is 6.09 Å². The molecule has 2 saturated heterocycles. The number of carbonyl (C=O) groups is 1. The van der Waals surface area contributed by atoms with Gasteiger partial charge in [0.05, 0.1) is 19.2 Å². The number of cyclic esters (lactones) is 1. The normalized spacial score (nSPS) is 32.9. The van der Waals surface area contributed by atoms with E-state index in [1.54, 1.807) is 0 Å². The summed E-state index contributed by atoms with van der Waals surface area (Å²) >= 11 is 0. The molecule has 0 bridgehead atoms. The third-order valence-electron chi connectivity index (χ3n) is 3.79. The Kier molecular flexibility index (Phi) is 3.60. The average molecular weight is 279 g/mol. The summed E-state index contributed by atoms with van der Waals surface area (Å²) in [6, 6.07) is 9.20. The predicted octanol–water partition coefficient (Wildman–Crippen LogP) is 0.128. The Morgan fingerprint density at radius 1 is 1.30 bits per heavy atom. The molecular weight excluding hydrogens is 262 g/mol. The van der Waals surface area contributed by atoms with E-state index in [2.05, 4.69) is 0 Å². The molecule has 2 fully saturated rings. The van der Waals surface area contributed by atoms with Crippen LogP contribution >= 0.6 is 0 Å². The number of ether oxygens (including phenoxy) is 2. The summed E-state index contributed by atoms with van der Waals surface area (Å²) in [4.78, 5) is 13.0. The van der Waals surface area contributed by atoms with Crippen LogP contribution < -0.4 is 0 Å². The van der Waals surface area contributed by atoms with Crippen LogP contribution in [0.2, 0.25) is 0 Å². The van der Waals surface area contributed by atoms with Gasteiger partial charge in [0.2, 0.25) is 0 Å². The van der Waals surface area contributed by atoms with Crippen LogP contribution in [0, 0.1) is 0 Å². The van der Waals surface area contributed by atoms with Gasteiger partial charge in [0.15, 0.2) is 0 Å². The molecule has 6 nitrogen and oxygen atoms in total. The number of amides is 1. The SMILES string of the molecule is O=C1OC[C@@H]2[C@H](OCc3ccccc3)[C@@H](O)[C@@H](O)CN12. The largest absolute Gasteiger partial charge is 0.447 e. The maximum atomic E-state index is 11.5. The van der Waals surface area contributed by atoms with Gasteiger partial charge in [0.25, 0.3) is 0 Å². The lowest BCUT2D eigenvalue weighted by Crippen LogP contribution is -2.61. The Hall–Kier alpha value is -1.63. The number of hydrogen-bond acceptors (Lipinski definition) is 5. The molecule has 108 valence electrons. The highest BCUT2D eigenvalue weighted by Crippen LogP contribution is 2.27. The molecule has 0 spiro atoms. The molecule has 1 amide bonds. The lowest BCUT2D eigenvalue weighted by molar-refractivity contribution is -0.147. The molecule has 20 heavy (non-hydrogen) atoms. The topological polar surface area (TPSA) is 79.2 Å². The van der Waals surface area contributed by atoms with Crippen molar-refractivity contribution in [1.82, 2.24) is 4.90 Å². The molecule has 4 atom stereocenters. The van der Waals surface area contributed by atoms with Gasteiger partial charge >= 0.3 is 6.09 Å². The number of piperidine rings is 1. The highest BCUT2D eigenvalue weighted by molar-refractivity contribution is 5.70. The second-order valence-corrected chi connectivity index (χ2v) is 5.12. The van der Waals surface area contributed by atoms with Gasteiger partial charge in [-0.15, -0.1) is 0 Å². The minimum absolute atomic E-state index is 0.0792. The van der Waals surface area contributed by atoms with Crippen molar-refractivity contribution in [2.24, 2.45) is 0 Å². The zero-order chi connectivity index (χ0) is 14.1. The molecule has 2 aliphatic rings. The fourth-order valence-electron chi connectivity index (χ4n) is 2.68. The quantitative estimate of drug-likeness (QED) is 0.822. The number of carbonyl (C=O) groups excluding carboxylic acids is 1. The number of rotatable bonds is 3. The van der Waals surface area contributed by atoms with Crippen molar-refractivity contribution < 1.29 is 24.5 Å². The van der Waals surface area contributed by atoms with E-state index >= 15 is 0 Å². The van der Waals surface area contributed by atoms with Crippen molar-refractivity contribution in [1.29, 1.82) is 0 Å². The standard InChI is InChI=1S/C14H17NO5/c16-11-6-15-10(8-20-14(15)18)13(12(11)17)19-7-9-4-2-1-3-5-9/h1-5,10-13,16-17H,6-8H2/t10-,11+,12+,13+/m1/s1. The van der Waals surface area contributed by atoms with Crippen molar-refractivity contribution in [3.05, 3.63) is 35.9 Å². The fourth-order valence-corrected chi connectivity index (χ4v) is 2.68. The van der Waals surface area contributed by atoms with E-state index in [0.717, 1.165) is 5.56 Å². The molecule has 1 aromatic carbocycles. The zero-order valence-electron chi connectivity index (χ0n) is 10.9. The van der Waals surface area contributed by atoms with Gasteiger partial charge in [-0.2, -0.15) is 0 Å². The zero-order valence-corrected chi connectivity index (χ0v) is 10.9. The predicted molar refractivity (Wildman–Crippen MR) is 68.9 cm³/mol. The average Bonchev–Trinajstić information content (AvgIpc) is 2.82. The summed E-state index contributed by atoms with van der Waals surface area (Å²) in [6.07, 6.45) is -3.15. The number of benzene rings is 1. The van der Waals surface area contributed by atoms with Gasteiger partial charge in [-0.25, -0.2) is 4.79 Å². The maximum absolute atomic E-state index is 11.5. The molecule has 6 heteroatoms. The summed E-state index contributed by atoms with van der Waals surface area (Å²) in [5.41, 5.74) is 0.969. The van der Waals surface area contributed by atoms with Crippen molar-refractivity contribution in [2.75, 3.05) is 13.2 Å². The number of aliphatic hydroxyl groups excluding tert-OH is 2. The lowest BCUT2D eigenvalue weighted by atomic mass is 9.95. The van der Waals surface area contributed by atoms with Crippen molar-refractivity contribution in [2.45, 2.75) is 31.0 Å². The van der Waals surface area contributed by atoms with E-state index in [4.69, 9.17) is 9.47 Å². The highest BCUT2D eigenvalue weighted by Gasteiger charge is 2.49. The van der Waals surface area contributed by atoms with E-state index in [1.165, 1.54) is 4.90 Å². The molecule has 0 saturated carbocycles. The molecule has 0 radical (unpaired) electrons. The smallest absolute Gasteiger partial charge is 0.410 e. The molecule has 2 N–H and O–H groups in total.